The van der Waals surface area contributed by atoms with Crippen molar-refractivity contribution in [3.8, 4) is 0 Å². The molecule has 0 fully saturated rings. The van der Waals surface area contributed by atoms with E-state index in [0.29, 0.717) is 0 Å². The Morgan fingerprint density at radius 3 is 0.500 bits per heavy atom. The first kappa shape index (κ1) is 36.8. The van der Waals surface area contributed by atoms with Crippen LogP contribution in [0.2, 0.25) is 0 Å². The van der Waals surface area contributed by atoms with Crippen LogP contribution in [0.4, 0.5) is 0 Å². The maximum atomic E-state index is 8.53. The van der Waals surface area contributed by atoms with Crippen LogP contribution < -0.4 is 80.3 Å². The Kier molecular flexibility index (Phi) is 64.3. The van der Waals surface area contributed by atoms with E-state index in [0.717, 1.165) is 0 Å². The number of hydrogen-bond donors (Lipinski definition) is 10. The summed E-state index contributed by atoms with van der Waals surface area (Å²) in [5.74, 6) is 0. The zero-order valence-electron chi connectivity index (χ0n) is 9.60. The maximum Gasteiger partial charge on any atom is 1.00 e. The summed E-state index contributed by atoms with van der Waals surface area (Å²) in [5, 5.41) is 88.5. The summed E-state index contributed by atoms with van der Waals surface area (Å²) in [7, 11) is -9.17. The Morgan fingerprint density at radius 2 is 0.500 bits per heavy atom. The minimum Gasteiger partial charge on any atom is -0.871 e. The summed E-state index contributed by atoms with van der Waals surface area (Å²) in [4.78, 5) is 0. The molecule has 10 N–H and O–H groups in total. The first-order valence-electron chi connectivity index (χ1n) is 3.05. The van der Waals surface area contributed by atoms with Crippen molar-refractivity contribution in [2.24, 2.45) is 0 Å². The molecule has 18 heteroatoms. The van der Waals surface area contributed by atoms with Gasteiger partial charge in [-0.15, -0.1) is 0 Å². The predicted molar refractivity (Wildman–Crippen MR) is 45.2 cm³/mol. The minimum atomic E-state index is -2.67. The zero-order valence-corrected chi connectivity index (χ0v) is 12.7. The molecule has 12 nitrogen and oxygen atoms in total. The van der Waals surface area contributed by atoms with E-state index in [1.807, 2.05) is 0 Å². The fraction of sp³-hybridized carbons (Fsp3) is 0. The summed E-state index contributed by atoms with van der Waals surface area (Å²) >= 11 is 0. The van der Waals surface area contributed by atoms with Crippen molar-refractivity contribution in [1.82, 2.24) is 0 Å². The molecular weight excluding hydrogens is 281 g/mol. The van der Waals surface area contributed by atoms with Crippen LogP contribution >= 0.6 is 0 Å². The molecule has 0 unspecified atom stereocenters. The van der Waals surface area contributed by atoms with Crippen molar-refractivity contribution in [1.29, 1.82) is 0 Å². The Labute approximate surface area is 158 Å². The molecule has 18 heavy (non-hydrogen) atoms. The van der Waals surface area contributed by atoms with Crippen molar-refractivity contribution in [2.45, 2.75) is 0 Å². The molecule has 0 aromatic carbocycles. The molecule has 0 spiro atoms. The Balaban J connectivity index is -0.0000000257. The molecule has 0 aromatic rings. The van der Waals surface area contributed by atoms with Gasteiger partial charge in [-0.25, -0.2) is 0 Å². The van der Waals surface area contributed by atoms with Crippen molar-refractivity contribution >= 4 is 29.3 Å². The molecule has 0 atom stereocenters. The molecule has 0 aromatic heterocycles. The average Bonchev–Trinajstić information content (AvgIpc) is 1.76. The van der Waals surface area contributed by atoms with Gasteiger partial charge in [-0.1, -0.05) is 0 Å². The van der Waals surface area contributed by atoms with Gasteiger partial charge in [-0.2, -0.15) is 0 Å². The Hall–Kier alpha value is 2.01. The van der Waals surface area contributed by atoms with Crippen molar-refractivity contribution in [2.75, 3.05) is 0 Å². The van der Waals surface area contributed by atoms with E-state index >= 15 is 0 Å². The maximum absolute atomic E-state index is 8.53. The second kappa shape index (κ2) is 31.4. The molecule has 0 radical (unpaired) electrons. The van der Waals surface area contributed by atoms with Gasteiger partial charge in [0.1, 0.15) is 0 Å². The van der Waals surface area contributed by atoms with Gasteiger partial charge in [-0.05, 0) is 0 Å². The zero-order chi connectivity index (χ0) is 14.3. The third-order valence-corrected chi connectivity index (χ3v) is 0. The molecule has 0 saturated carbocycles. The minimum absolute atomic E-state index is 0. The van der Waals surface area contributed by atoms with Crippen molar-refractivity contribution < 1.29 is 131 Å². The summed E-state index contributed by atoms with van der Waals surface area (Å²) in [6.07, 6.45) is 0. The van der Waals surface area contributed by atoms with Crippen LogP contribution in [0.15, 0.2) is 0 Å². The van der Waals surface area contributed by atoms with Gasteiger partial charge in [0.2, 0.25) is 0 Å². The smallest absolute Gasteiger partial charge is 0.871 e. The van der Waals surface area contributed by atoms with Crippen LogP contribution in [-0.2, 0) is 0 Å². The summed E-state index contributed by atoms with van der Waals surface area (Å²) in [6.45, 7) is 0. The van der Waals surface area contributed by atoms with Gasteiger partial charge in [0.05, 0.1) is 7.32 Å². The first-order chi connectivity index (χ1) is 6.93. The van der Waals surface area contributed by atoms with Crippen LogP contribution in [0, 0.1) is 0 Å². The van der Waals surface area contributed by atoms with E-state index in [-0.39, 0.29) is 70.2 Å². The number of rotatable bonds is 0. The van der Waals surface area contributed by atoms with E-state index in [1.165, 1.54) is 0 Å². The predicted octanol–water partition coefficient (Wildman–Crippen LogP) is -15.5. The van der Waals surface area contributed by atoms with E-state index in [9.17, 15) is 0 Å². The third-order valence-electron chi connectivity index (χ3n) is 0. The van der Waals surface area contributed by atoms with Crippen LogP contribution in [-0.4, -0.2) is 79.5 Å². The molecule has 0 saturated heterocycles. The van der Waals surface area contributed by atoms with E-state index in [2.05, 4.69) is 0 Å². The molecular formula is H10B4KLiO12. The SMILES string of the molecule is OB(O)O.OB(O)O.OB(O)O.[K+].[Li+].[O-]B([O-])O. The molecule has 0 bridgehead atoms. The molecule has 0 amide bonds. The second-order valence-corrected chi connectivity index (χ2v) is 1.35. The Bertz CT molecular complexity index is 67.1. The quantitative estimate of drug-likeness (QED) is 0.187. The van der Waals surface area contributed by atoms with Gasteiger partial charge in [0, 0.05) is 0 Å². The molecule has 0 aliphatic carbocycles. The number of hydrogen-bond acceptors (Lipinski definition) is 12. The fourth-order valence-electron chi connectivity index (χ4n) is 0. The molecule has 0 heterocycles. The summed E-state index contributed by atoms with van der Waals surface area (Å²) < 4.78 is 0. The van der Waals surface area contributed by atoms with Crippen molar-refractivity contribution in [3.05, 3.63) is 0 Å². The normalized spacial score (nSPS) is 6.00. The van der Waals surface area contributed by atoms with E-state index < -0.39 is 29.3 Å². The molecule has 96 valence electrons. The standard InChI is InChI=1S/3BH3O3.BHO3.K.Li/c4*2-1(3)4;;/h3*2-4H;2H;;/q;;;-2;2*+1. The largest absolute Gasteiger partial charge is 1.00 e. The summed E-state index contributed by atoms with van der Waals surface area (Å²) in [6, 6.07) is 0. The monoisotopic (exact) mass is 292 g/mol. The third kappa shape index (κ3) is 1290. The van der Waals surface area contributed by atoms with Crippen LogP contribution in [0.1, 0.15) is 0 Å². The van der Waals surface area contributed by atoms with E-state index in [1.54, 1.807) is 0 Å². The van der Waals surface area contributed by atoms with E-state index in [4.69, 9.17) is 60.3 Å². The average molecular weight is 291 g/mol. The van der Waals surface area contributed by atoms with Crippen LogP contribution in [0.5, 0.6) is 0 Å². The second-order valence-electron chi connectivity index (χ2n) is 1.35. The molecule has 0 rings (SSSR count). The van der Waals surface area contributed by atoms with Crippen molar-refractivity contribution in [3.63, 3.8) is 0 Å². The van der Waals surface area contributed by atoms with Crippen LogP contribution in [0.3, 0.4) is 0 Å². The Morgan fingerprint density at radius 1 is 0.500 bits per heavy atom. The van der Waals surface area contributed by atoms with Gasteiger partial charge in [-0.3, -0.25) is 0 Å². The van der Waals surface area contributed by atoms with Gasteiger partial charge < -0.3 is 60.3 Å². The van der Waals surface area contributed by atoms with Gasteiger partial charge >= 0.3 is 92.2 Å². The van der Waals surface area contributed by atoms with Crippen LogP contribution in [0.25, 0.3) is 0 Å². The molecule has 0 aliphatic heterocycles. The molecule has 0 aliphatic rings. The first-order valence-corrected chi connectivity index (χ1v) is 3.05. The summed E-state index contributed by atoms with van der Waals surface area (Å²) in [5.41, 5.74) is 0. The van der Waals surface area contributed by atoms with Gasteiger partial charge in [0.25, 0.3) is 0 Å². The topological polar surface area (TPSA) is 248 Å². The van der Waals surface area contributed by atoms with Gasteiger partial charge in [0.15, 0.2) is 0 Å². The fourth-order valence-corrected chi connectivity index (χ4v) is 0.